The molecular formula is C15H22N2O. The minimum Gasteiger partial charge on any atom is -0.311 e. The Morgan fingerprint density at radius 2 is 2.22 bits per heavy atom. The number of nitrogens with zero attached hydrogens (tertiary/aromatic N) is 1. The van der Waals surface area contributed by atoms with Crippen LogP contribution in [0.1, 0.15) is 25.8 Å². The quantitative estimate of drug-likeness (QED) is 0.826. The fourth-order valence-electron chi connectivity index (χ4n) is 2.50. The van der Waals surface area contributed by atoms with Crippen molar-refractivity contribution in [3.8, 4) is 0 Å². The maximum Gasteiger partial charge on any atom is 0.240 e. The van der Waals surface area contributed by atoms with Gasteiger partial charge in [0.05, 0.1) is 6.54 Å². The molecule has 18 heavy (non-hydrogen) atoms. The molecule has 1 aromatic carbocycles. The largest absolute Gasteiger partial charge is 0.311 e. The van der Waals surface area contributed by atoms with E-state index in [9.17, 15) is 4.79 Å². The smallest absolute Gasteiger partial charge is 0.240 e. The van der Waals surface area contributed by atoms with Gasteiger partial charge in [-0.25, -0.2) is 0 Å². The maximum absolute atomic E-state index is 12.2. The van der Waals surface area contributed by atoms with E-state index in [1.807, 2.05) is 11.0 Å². The fraction of sp³-hybridized carbons (Fsp3) is 0.533. The van der Waals surface area contributed by atoms with Crippen LogP contribution >= 0.6 is 0 Å². The first-order valence-corrected chi connectivity index (χ1v) is 6.81. The second kappa shape index (κ2) is 6.01. The van der Waals surface area contributed by atoms with Crippen molar-refractivity contribution >= 4 is 11.6 Å². The molecule has 1 aliphatic heterocycles. The molecular weight excluding hydrogens is 224 g/mol. The molecule has 1 atom stereocenters. The van der Waals surface area contributed by atoms with Crippen molar-refractivity contribution in [1.82, 2.24) is 5.32 Å². The van der Waals surface area contributed by atoms with Crippen LogP contribution in [0.5, 0.6) is 0 Å². The Bertz CT molecular complexity index is 417. The molecule has 0 aliphatic carbocycles. The van der Waals surface area contributed by atoms with Crippen molar-refractivity contribution < 1.29 is 4.79 Å². The van der Waals surface area contributed by atoms with E-state index >= 15 is 0 Å². The van der Waals surface area contributed by atoms with Crippen LogP contribution in [-0.4, -0.2) is 25.5 Å². The van der Waals surface area contributed by atoms with Gasteiger partial charge in [-0.05, 0) is 36.9 Å². The highest BCUT2D eigenvalue weighted by Gasteiger charge is 2.25. The van der Waals surface area contributed by atoms with E-state index in [0.717, 1.165) is 31.6 Å². The molecule has 0 radical (unpaired) electrons. The Kier molecular flexibility index (Phi) is 4.37. The lowest BCUT2D eigenvalue weighted by Crippen LogP contribution is -2.43. The zero-order chi connectivity index (χ0) is 13.0. The van der Waals surface area contributed by atoms with Crippen LogP contribution < -0.4 is 10.2 Å². The molecule has 0 bridgehead atoms. The molecule has 0 saturated heterocycles. The number of carbonyl (C=O) groups excluding carboxylic acids is 1. The van der Waals surface area contributed by atoms with E-state index in [2.05, 4.69) is 37.4 Å². The summed E-state index contributed by atoms with van der Waals surface area (Å²) in [5.74, 6) is 0.720. The highest BCUT2D eigenvalue weighted by molar-refractivity contribution is 5.96. The zero-order valence-electron chi connectivity index (χ0n) is 11.3. The van der Waals surface area contributed by atoms with Crippen molar-refractivity contribution in [2.24, 2.45) is 5.92 Å². The highest BCUT2D eigenvalue weighted by atomic mass is 16.2. The summed E-state index contributed by atoms with van der Waals surface area (Å²) in [6, 6.07) is 8.24. The van der Waals surface area contributed by atoms with Gasteiger partial charge in [0.2, 0.25) is 5.91 Å². The molecule has 1 unspecified atom stereocenters. The van der Waals surface area contributed by atoms with E-state index in [-0.39, 0.29) is 5.91 Å². The van der Waals surface area contributed by atoms with Gasteiger partial charge in [0.1, 0.15) is 0 Å². The van der Waals surface area contributed by atoms with E-state index < -0.39 is 0 Å². The molecule has 2 rings (SSSR count). The minimum absolute atomic E-state index is 0.183. The molecule has 1 heterocycles. The number of rotatable bonds is 4. The first kappa shape index (κ1) is 13.1. The van der Waals surface area contributed by atoms with Gasteiger partial charge in [-0.3, -0.25) is 4.79 Å². The lowest BCUT2D eigenvalue weighted by atomic mass is 9.94. The number of benzene rings is 1. The molecule has 0 aromatic heterocycles. The zero-order valence-corrected chi connectivity index (χ0v) is 11.3. The molecule has 1 aromatic rings. The number of anilines is 1. The number of para-hydroxylation sites is 1. The second-order valence-corrected chi connectivity index (χ2v) is 5.12. The third-order valence-corrected chi connectivity index (χ3v) is 3.35. The summed E-state index contributed by atoms with van der Waals surface area (Å²) in [6.07, 6.45) is 2.13. The summed E-state index contributed by atoms with van der Waals surface area (Å²) in [5, 5.41) is 3.19. The van der Waals surface area contributed by atoms with Crippen molar-refractivity contribution in [3.05, 3.63) is 29.8 Å². The lowest BCUT2D eigenvalue weighted by Gasteiger charge is -2.33. The van der Waals surface area contributed by atoms with Crippen molar-refractivity contribution in [1.29, 1.82) is 0 Å². The van der Waals surface area contributed by atoms with Gasteiger partial charge in [-0.15, -0.1) is 0 Å². The Morgan fingerprint density at radius 3 is 3.00 bits per heavy atom. The van der Waals surface area contributed by atoms with Gasteiger partial charge < -0.3 is 10.2 Å². The summed E-state index contributed by atoms with van der Waals surface area (Å²) < 4.78 is 0. The number of hydrogen-bond donors (Lipinski definition) is 1. The second-order valence-electron chi connectivity index (χ2n) is 5.12. The van der Waals surface area contributed by atoms with Gasteiger partial charge in [0, 0.05) is 12.2 Å². The van der Waals surface area contributed by atoms with Crippen LogP contribution in [0.3, 0.4) is 0 Å². The Morgan fingerprint density at radius 1 is 1.44 bits per heavy atom. The number of amides is 1. The summed E-state index contributed by atoms with van der Waals surface area (Å²) >= 11 is 0. The number of hydrogen-bond acceptors (Lipinski definition) is 2. The summed E-state index contributed by atoms with van der Waals surface area (Å²) in [4.78, 5) is 14.2. The van der Waals surface area contributed by atoms with Crippen LogP contribution in [0.4, 0.5) is 5.69 Å². The Balaban J connectivity index is 2.10. The van der Waals surface area contributed by atoms with Gasteiger partial charge >= 0.3 is 0 Å². The summed E-state index contributed by atoms with van der Waals surface area (Å²) in [7, 11) is 0. The van der Waals surface area contributed by atoms with Gasteiger partial charge in [0.25, 0.3) is 0 Å². The highest BCUT2D eigenvalue weighted by Crippen LogP contribution is 2.29. The molecule has 98 valence electrons. The van der Waals surface area contributed by atoms with Crippen LogP contribution in [-0.2, 0) is 11.2 Å². The topological polar surface area (TPSA) is 32.3 Å². The van der Waals surface area contributed by atoms with Gasteiger partial charge in [0.15, 0.2) is 0 Å². The monoisotopic (exact) mass is 246 g/mol. The Labute approximate surface area is 109 Å². The lowest BCUT2D eigenvalue weighted by molar-refractivity contribution is -0.118. The average molecular weight is 246 g/mol. The molecule has 3 heteroatoms. The van der Waals surface area contributed by atoms with Crippen LogP contribution in [0.2, 0.25) is 0 Å². The van der Waals surface area contributed by atoms with Gasteiger partial charge in [-0.2, -0.15) is 0 Å². The van der Waals surface area contributed by atoms with Gasteiger partial charge in [-0.1, -0.05) is 32.0 Å². The van der Waals surface area contributed by atoms with Crippen molar-refractivity contribution in [2.75, 3.05) is 24.5 Å². The predicted octanol–water partition coefficient (Wildman–Crippen LogP) is 2.21. The van der Waals surface area contributed by atoms with E-state index in [4.69, 9.17) is 0 Å². The maximum atomic E-state index is 12.2. The molecule has 0 saturated carbocycles. The minimum atomic E-state index is 0.183. The Hall–Kier alpha value is -1.35. The fourth-order valence-corrected chi connectivity index (χ4v) is 2.50. The SMILES string of the molecule is CCCNCC(=O)N1CC(C)Cc2ccccc21. The van der Waals surface area contributed by atoms with Crippen molar-refractivity contribution in [2.45, 2.75) is 26.7 Å². The normalized spacial score (nSPS) is 18.6. The summed E-state index contributed by atoms with van der Waals surface area (Å²) in [6.45, 7) is 6.49. The molecule has 1 N–H and O–H groups in total. The number of fused-ring (bicyclic) bond motifs is 1. The van der Waals surface area contributed by atoms with E-state index in [1.54, 1.807) is 0 Å². The number of nitrogens with one attached hydrogen (secondary N) is 1. The van der Waals surface area contributed by atoms with Crippen molar-refractivity contribution in [3.63, 3.8) is 0 Å². The first-order chi connectivity index (χ1) is 8.72. The third kappa shape index (κ3) is 2.91. The van der Waals surface area contributed by atoms with E-state index in [0.29, 0.717) is 12.5 Å². The molecule has 1 aliphatic rings. The van der Waals surface area contributed by atoms with Crippen LogP contribution in [0.25, 0.3) is 0 Å². The molecule has 1 amide bonds. The van der Waals surface area contributed by atoms with Crippen LogP contribution in [0.15, 0.2) is 24.3 Å². The molecule has 0 spiro atoms. The standard InChI is InChI=1S/C15H22N2O/c1-3-8-16-10-15(18)17-11-12(2)9-13-6-4-5-7-14(13)17/h4-7,12,16H,3,8-11H2,1-2H3. The summed E-state index contributed by atoms with van der Waals surface area (Å²) in [5.41, 5.74) is 2.39. The first-order valence-electron chi connectivity index (χ1n) is 6.81. The predicted molar refractivity (Wildman–Crippen MR) is 74.8 cm³/mol. The van der Waals surface area contributed by atoms with Crippen LogP contribution in [0, 0.1) is 5.92 Å². The average Bonchev–Trinajstić information content (AvgIpc) is 2.38. The molecule has 3 nitrogen and oxygen atoms in total. The van der Waals surface area contributed by atoms with E-state index in [1.165, 1.54) is 5.56 Å². The number of carbonyl (C=O) groups is 1. The third-order valence-electron chi connectivity index (χ3n) is 3.35. The molecule has 0 fully saturated rings.